The molecule has 1 heteroatoms. The molecule has 0 aliphatic heterocycles. The maximum atomic E-state index is 6.51. The predicted molar refractivity (Wildman–Crippen MR) is 71.8 cm³/mol. The van der Waals surface area contributed by atoms with Crippen molar-refractivity contribution < 1.29 is 0 Å². The van der Waals surface area contributed by atoms with Crippen LogP contribution in [0.15, 0.2) is 18.2 Å². The number of hydrogen-bond acceptors (Lipinski definition) is 1. The maximum absolute atomic E-state index is 6.51. The molecule has 0 spiro atoms. The lowest BCUT2D eigenvalue weighted by Crippen LogP contribution is -2.15. The smallest absolute Gasteiger partial charge is 0.0331 e. The fourth-order valence-corrected chi connectivity index (χ4v) is 3.99. The highest BCUT2D eigenvalue weighted by molar-refractivity contribution is 5.34. The Balaban J connectivity index is 1.80. The first kappa shape index (κ1) is 11.3. The molecule has 0 bridgehead atoms. The SMILES string of the molecule is Cc1ccc(C(N)C2C3CCCCC32)c(C)c1. The van der Waals surface area contributed by atoms with Crippen LogP contribution in [-0.2, 0) is 0 Å². The molecule has 3 unspecified atom stereocenters. The number of aryl methyl sites for hydroxylation is 2. The average molecular weight is 229 g/mol. The quantitative estimate of drug-likeness (QED) is 0.821. The highest BCUT2D eigenvalue weighted by atomic mass is 14.7. The normalized spacial score (nSPS) is 33.0. The van der Waals surface area contributed by atoms with E-state index in [1.807, 2.05) is 0 Å². The Morgan fingerprint density at radius 1 is 1.12 bits per heavy atom. The van der Waals surface area contributed by atoms with Crippen molar-refractivity contribution in [3.8, 4) is 0 Å². The lowest BCUT2D eigenvalue weighted by molar-refractivity contribution is 0.480. The first-order valence-corrected chi connectivity index (χ1v) is 7.01. The Labute approximate surface area is 104 Å². The number of fused-ring (bicyclic) bond motifs is 1. The molecule has 3 atom stereocenters. The van der Waals surface area contributed by atoms with Crippen LogP contribution in [0.1, 0.15) is 48.4 Å². The largest absolute Gasteiger partial charge is 0.324 e. The van der Waals surface area contributed by atoms with Crippen molar-refractivity contribution in [3.63, 3.8) is 0 Å². The third-order valence-corrected chi connectivity index (χ3v) is 4.92. The van der Waals surface area contributed by atoms with Gasteiger partial charge in [-0.3, -0.25) is 0 Å². The summed E-state index contributed by atoms with van der Waals surface area (Å²) in [6, 6.07) is 7.00. The van der Waals surface area contributed by atoms with E-state index in [9.17, 15) is 0 Å². The molecule has 2 fully saturated rings. The molecule has 2 N–H and O–H groups in total. The summed E-state index contributed by atoms with van der Waals surface area (Å²) < 4.78 is 0. The first-order chi connectivity index (χ1) is 8.18. The molecule has 17 heavy (non-hydrogen) atoms. The highest BCUT2D eigenvalue weighted by Gasteiger charge is 2.53. The van der Waals surface area contributed by atoms with E-state index in [1.165, 1.54) is 42.4 Å². The van der Waals surface area contributed by atoms with Gasteiger partial charge in [-0.05, 0) is 55.6 Å². The zero-order valence-electron chi connectivity index (χ0n) is 10.9. The van der Waals surface area contributed by atoms with Gasteiger partial charge in [-0.15, -0.1) is 0 Å². The van der Waals surface area contributed by atoms with Gasteiger partial charge >= 0.3 is 0 Å². The van der Waals surface area contributed by atoms with Crippen molar-refractivity contribution in [3.05, 3.63) is 34.9 Å². The summed E-state index contributed by atoms with van der Waals surface area (Å²) in [5.41, 5.74) is 10.6. The maximum Gasteiger partial charge on any atom is 0.0331 e. The van der Waals surface area contributed by atoms with Crippen LogP contribution in [0, 0.1) is 31.6 Å². The summed E-state index contributed by atoms with van der Waals surface area (Å²) in [4.78, 5) is 0. The molecule has 2 aliphatic rings. The monoisotopic (exact) mass is 229 g/mol. The number of rotatable bonds is 2. The number of nitrogens with two attached hydrogens (primary N) is 1. The summed E-state index contributed by atoms with van der Waals surface area (Å²) in [5.74, 6) is 2.66. The van der Waals surface area contributed by atoms with E-state index < -0.39 is 0 Å². The van der Waals surface area contributed by atoms with Crippen molar-refractivity contribution in [1.29, 1.82) is 0 Å². The minimum atomic E-state index is 0.281. The second kappa shape index (κ2) is 4.13. The standard InChI is InChI=1S/C16H23N/c1-10-7-8-12(11(2)9-10)16(17)15-13-5-3-4-6-14(13)15/h7-9,13-16H,3-6,17H2,1-2H3. The van der Waals surface area contributed by atoms with Crippen LogP contribution in [0.5, 0.6) is 0 Å². The van der Waals surface area contributed by atoms with E-state index in [1.54, 1.807) is 0 Å². The van der Waals surface area contributed by atoms with Gasteiger partial charge in [-0.2, -0.15) is 0 Å². The predicted octanol–water partition coefficient (Wildman–Crippen LogP) is 3.74. The van der Waals surface area contributed by atoms with E-state index >= 15 is 0 Å². The number of benzene rings is 1. The minimum Gasteiger partial charge on any atom is -0.324 e. The van der Waals surface area contributed by atoms with Gasteiger partial charge in [0.1, 0.15) is 0 Å². The van der Waals surface area contributed by atoms with E-state index in [2.05, 4.69) is 32.0 Å². The Hall–Kier alpha value is -0.820. The first-order valence-electron chi connectivity index (χ1n) is 7.01. The summed E-state index contributed by atoms with van der Waals surface area (Å²) in [7, 11) is 0. The Morgan fingerprint density at radius 2 is 1.76 bits per heavy atom. The van der Waals surface area contributed by atoms with E-state index in [0.29, 0.717) is 0 Å². The van der Waals surface area contributed by atoms with Crippen molar-refractivity contribution in [1.82, 2.24) is 0 Å². The molecule has 0 heterocycles. The molecule has 0 radical (unpaired) electrons. The second-order valence-corrected chi connectivity index (χ2v) is 6.08. The highest BCUT2D eigenvalue weighted by Crippen LogP contribution is 2.59. The minimum absolute atomic E-state index is 0.281. The molecular weight excluding hydrogens is 206 g/mol. The van der Waals surface area contributed by atoms with Crippen molar-refractivity contribution in [2.45, 2.75) is 45.6 Å². The summed E-state index contributed by atoms with van der Waals surface area (Å²) in [6.07, 6.45) is 5.70. The molecule has 0 aromatic heterocycles. The summed E-state index contributed by atoms with van der Waals surface area (Å²) in [6.45, 7) is 4.35. The topological polar surface area (TPSA) is 26.0 Å². The molecule has 92 valence electrons. The van der Waals surface area contributed by atoms with Gasteiger partial charge in [-0.1, -0.05) is 36.6 Å². The molecule has 1 aromatic carbocycles. The van der Waals surface area contributed by atoms with Gasteiger partial charge in [0.15, 0.2) is 0 Å². The van der Waals surface area contributed by atoms with Crippen LogP contribution in [0.4, 0.5) is 0 Å². The van der Waals surface area contributed by atoms with Gasteiger partial charge in [0, 0.05) is 6.04 Å². The zero-order chi connectivity index (χ0) is 12.0. The van der Waals surface area contributed by atoms with Gasteiger partial charge < -0.3 is 5.73 Å². The van der Waals surface area contributed by atoms with Crippen molar-refractivity contribution in [2.24, 2.45) is 23.5 Å². The Bertz CT molecular complexity index is 412. The van der Waals surface area contributed by atoms with Crippen LogP contribution < -0.4 is 5.73 Å². The van der Waals surface area contributed by atoms with Crippen LogP contribution in [0.3, 0.4) is 0 Å². The van der Waals surface area contributed by atoms with E-state index in [4.69, 9.17) is 5.73 Å². The van der Waals surface area contributed by atoms with Gasteiger partial charge in [0.05, 0.1) is 0 Å². The fraction of sp³-hybridized carbons (Fsp3) is 0.625. The molecule has 1 nitrogen and oxygen atoms in total. The third kappa shape index (κ3) is 1.91. The van der Waals surface area contributed by atoms with Crippen LogP contribution in [0.25, 0.3) is 0 Å². The number of hydrogen-bond donors (Lipinski definition) is 1. The molecule has 1 aromatic rings. The average Bonchev–Trinajstić information content (AvgIpc) is 3.02. The second-order valence-electron chi connectivity index (χ2n) is 6.08. The Morgan fingerprint density at radius 3 is 2.35 bits per heavy atom. The molecule has 0 saturated heterocycles. The Kier molecular flexibility index (Phi) is 2.74. The van der Waals surface area contributed by atoms with Gasteiger partial charge in [0.2, 0.25) is 0 Å². The fourth-order valence-electron chi connectivity index (χ4n) is 3.99. The molecule has 3 rings (SSSR count). The van der Waals surface area contributed by atoms with Crippen molar-refractivity contribution >= 4 is 0 Å². The third-order valence-electron chi connectivity index (χ3n) is 4.92. The zero-order valence-corrected chi connectivity index (χ0v) is 10.9. The van der Waals surface area contributed by atoms with Gasteiger partial charge in [0.25, 0.3) is 0 Å². The lowest BCUT2D eigenvalue weighted by atomic mass is 9.95. The van der Waals surface area contributed by atoms with Gasteiger partial charge in [-0.25, -0.2) is 0 Å². The lowest BCUT2D eigenvalue weighted by Gasteiger charge is -2.15. The van der Waals surface area contributed by atoms with Crippen LogP contribution in [-0.4, -0.2) is 0 Å². The van der Waals surface area contributed by atoms with Crippen molar-refractivity contribution in [2.75, 3.05) is 0 Å². The van der Waals surface area contributed by atoms with Crippen LogP contribution in [0.2, 0.25) is 0 Å². The van der Waals surface area contributed by atoms with E-state index in [-0.39, 0.29) is 6.04 Å². The van der Waals surface area contributed by atoms with Crippen LogP contribution >= 0.6 is 0 Å². The van der Waals surface area contributed by atoms with E-state index in [0.717, 1.165) is 17.8 Å². The molecular formula is C16H23N. The summed E-state index contributed by atoms with van der Waals surface area (Å²) in [5, 5.41) is 0. The summed E-state index contributed by atoms with van der Waals surface area (Å²) >= 11 is 0. The molecule has 0 amide bonds. The molecule has 2 aliphatic carbocycles. The molecule has 2 saturated carbocycles.